The Morgan fingerprint density at radius 3 is 1.22 bits per heavy atom. The molecule has 0 aliphatic rings. The summed E-state index contributed by atoms with van der Waals surface area (Å²) < 4.78 is 27.9. The van der Waals surface area contributed by atoms with Crippen LogP contribution in [0.25, 0.3) is 44.8 Å². The van der Waals surface area contributed by atoms with Gasteiger partial charge in [0.2, 0.25) is 0 Å². The van der Waals surface area contributed by atoms with Gasteiger partial charge in [-0.3, -0.25) is 9.97 Å². The average Bonchev–Trinajstić information content (AvgIpc) is 3.09. The molecule has 0 fully saturated rings. The summed E-state index contributed by atoms with van der Waals surface area (Å²) in [5.41, 5.74) is 10.4. The number of nitrogens with one attached hydrogen (secondary N) is 1. The fraction of sp³-hybridized carbons (Fsp3) is 0.227. The maximum Gasteiger partial charge on any atom is 0.123 e. The highest BCUT2D eigenvalue weighted by Gasteiger charge is 2.21. The molecule has 0 amide bonds. The fourth-order valence-corrected chi connectivity index (χ4v) is 7.52. The molecule has 2 heterocycles. The number of hydrogen-bond acceptors (Lipinski definition) is 3. The van der Waals surface area contributed by atoms with Gasteiger partial charge >= 0.3 is 0 Å². The van der Waals surface area contributed by atoms with Gasteiger partial charge in [0, 0.05) is 66.8 Å². The minimum absolute atomic E-state index is 0. The highest BCUT2D eigenvalue weighted by molar-refractivity contribution is 6.37. The summed E-state index contributed by atoms with van der Waals surface area (Å²) in [6.07, 6.45) is 1.42. The van der Waals surface area contributed by atoms with Gasteiger partial charge in [0.25, 0.3) is 0 Å². The van der Waals surface area contributed by atoms with Crippen molar-refractivity contribution in [1.82, 2.24) is 15.3 Å². The SMILES string of the molecule is CC(C)Cc1nc(-c2ccc(F)cc2)cc(-c2ccc(Cl)cc2Cl)c1CNCc1c(-c2ccc(Cl)cc2Cl)cc(-c2ccc(F)cc2)nc1CC(C)C.Cl. The molecule has 0 saturated heterocycles. The summed E-state index contributed by atoms with van der Waals surface area (Å²) in [5, 5.41) is 5.86. The van der Waals surface area contributed by atoms with Crippen molar-refractivity contribution < 1.29 is 8.78 Å². The van der Waals surface area contributed by atoms with Crippen LogP contribution in [0.15, 0.2) is 97.1 Å². The first-order chi connectivity index (χ1) is 25.4. The van der Waals surface area contributed by atoms with Crippen molar-refractivity contribution in [3.8, 4) is 44.8 Å². The van der Waals surface area contributed by atoms with Crippen LogP contribution in [0.2, 0.25) is 20.1 Å². The molecule has 2 aromatic heterocycles. The number of nitrogens with zero attached hydrogens (tertiary/aromatic N) is 2. The lowest BCUT2D eigenvalue weighted by atomic mass is 9.92. The van der Waals surface area contributed by atoms with E-state index >= 15 is 0 Å². The Kier molecular flexibility index (Phi) is 14.2. The first-order valence-corrected chi connectivity index (χ1v) is 19.1. The van der Waals surface area contributed by atoms with E-state index in [1.54, 1.807) is 36.4 Å². The standard InChI is InChI=1S/C44H39Cl4F2N3.ClH/c1-25(2)17-43-37(35(33-15-9-29(45)19-39(33)47)21-41(52-43)27-5-11-31(49)12-6-27)23-51-24-38-36(34-16-10-30(46)20-40(34)48)22-42(53-44(38)18-26(3)4)28-7-13-32(50)14-8-28;/h5-16,19-22,25-26,51H,17-18,23-24H2,1-4H3;1H. The van der Waals surface area contributed by atoms with E-state index < -0.39 is 0 Å². The van der Waals surface area contributed by atoms with Gasteiger partial charge in [-0.05, 0) is 132 Å². The normalized spacial score (nSPS) is 11.3. The molecular formula is C44H40Cl5F2N3. The van der Waals surface area contributed by atoms with Gasteiger partial charge in [-0.15, -0.1) is 12.4 Å². The quantitative estimate of drug-likeness (QED) is 0.134. The third-order valence-corrected chi connectivity index (χ3v) is 10.0. The van der Waals surface area contributed by atoms with Crippen molar-refractivity contribution in [3.05, 3.63) is 151 Å². The fourth-order valence-electron chi connectivity index (χ4n) is 6.50. The number of rotatable bonds is 12. The third-order valence-electron chi connectivity index (χ3n) is 8.95. The van der Waals surface area contributed by atoms with Gasteiger partial charge in [-0.25, -0.2) is 8.78 Å². The van der Waals surface area contributed by atoms with E-state index in [9.17, 15) is 8.78 Å². The molecule has 54 heavy (non-hydrogen) atoms. The van der Waals surface area contributed by atoms with Gasteiger partial charge in [-0.2, -0.15) is 0 Å². The molecule has 0 saturated carbocycles. The van der Waals surface area contributed by atoms with Crippen LogP contribution in [0.5, 0.6) is 0 Å². The molecule has 1 N–H and O–H groups in total. The van der Waals surface area contributed by atoms with Gasteiger partial charge in [0.1, 0.15) is 11.6 Å². The molecule has 280 valence electrons. The van der Waals surface area contributed by atoms with Crippen molar-refractivity contribution >= 4 is 58.8 Å². The van der Waals surface area contributed by atoms with E-state index in [0.29, 0.717) is 57.9 Å². The van der Waals surface area contributed by atoms with Crippen LogP contribution in [0.4, 0.5) is 8.78 Å². The lowest BCUT2D eigenvalue weighted by Gasteiger charge is -2.22. The lowest BCUT2D eigenvalue weighted by Crippen LogP contribution is -2.19. The molecule has 0 unspecified atom stereocenters. The van der Waals surface area contributed by atoms with Gasteiger partial charge < -0.3 is 5.32 Å². The van der Waals surface area contributed by atoms with Crippen LogP contribution in [0, 0.1) is 23.5 Å². The monoisotopic (exact) mass is 823 g/mol. The van der Waals surface area contributed by atoms with Crippen molar-refractivity contribution in [1.29, 1.82) is 0 Å². The Bertz CT molecular complexity index is 2080. The summed E-state index contributed by atoms with van der Waals surface area (Å²) >= 11 is 26.4. The number of pyridine rings is 2. The Balaban J connectivity index is 0.00000561. The van der Waals surface area contributed by atoms with Gasteiger partial charge in [0.15, 0.2) is 0 Å². The van der Waals surface area contributed by atoms with Crippen molar-refractivity contribution in [2.24, 2.45) is 11.8 Å². The summed E-state index contributed by atoms with van der Waals surface area (Å²) in [6.45, 7) is 9.56. The van der Waals surface area contributed by atoms with Crippen LogP contribution in [0.3, 0.4) is 0 Å². The molecule has 4 aromatic carbocycles. The highest BCUT2D eigenvalue weighted by atomic mass is 35.5. The zero-order valence-corrected chi connectivity index (χ0v) is 34.1. The molecule has 6 aromatic rings. The second-order valence-electron chi connectivity index (χ2n) is 14.0. The highest BCUT2D eigenvalue weighted by Crippen LogP contribution is 2.39. The second kappa shape index (κ2) is 18.4. The molecule has 0 atom stereocenters. The van der Waals surface area contributed by atoms with Crippen molar-refractivity contribution in [2.75, 3.05) is 0 Å². The van der Waals surface area contributed by atoms with Gasteiger partial charge in [0.05, 0.1) is 11.4 Å². The van der Waals surface area contributed by atoms with Crippen LogP contribution >= 0.6 is 58.8 Å². The Labute approximate surface area is 342 Å². The summed E-state index contributed by atoms with van der Waals surface area (Å²) in [7, 11) is 0. The minimum atomic E-state index is -0.311. The van der Waals surface area contributed by atoms with Gasteiger partial charge in [-0.1, -0.05) is 86.2 Å². The predicted molar refractivity (Wildman–Crippen MR) is 225 cm³/mol. The number of aromatic nitrogens is 2. The van der Waals surface area contributed by atoms with E-state index in [-0.39, 0.29) is 24.0 Å². The first kappa shape index (κ1) is 41.6. The van der Waals surface area contributed by atoms with E-state index in [2.05, 4.69) is 33.0 Å². The first-order valence-electron chi connectivity index (χ1n) is 17.5. The topological polar surface area (TPSA) is 37.8 Å². The Hall–Kier alpha value is -3.55. The predicted octanol–water partition coefficient (Wildman–Crippen LogP) is 14.1. The van der Waals surface area contributed by atoms with E-state index in [0.717, 1.165) is 67.3 Å². The smallest absolute Gasteiger partial charge is 0.123 e. The van der Waals surface area contributed by atoms with Crippen LogP contribution in [-0.4, -0.2) is 9.97 Å². The molecular weight excluding hydrogens is 786 g/mol. The Morgan fingerprint density at radius 1 is 0.519 bits per heavy atom. The maximum atomic E-state index is 13.9. The Morgan fingerprint density at radius 2 is 0.889 bits per heavy atom. The summed E-state index contributed by atoms with van der Waals surface area (Å²) in [6, 6.07) is 27.8. The van der Waals surface area contributed by atoms with Crippen LogP contribution < -0.4 is 5.32 Å². The lowest BCUT2D eigenvalue weighted by molar-refractivity contribution is 0.608. The van der Waals surface area contributed by atoms with Crippen LogP contribution in [0.1, 0.15) is 50.2 Å². The minimum Gasteiger partial charge on any atom is -0.308 e. The zero-order chi connectivity index (χ0) is 37.8. The molecule has 0 radical (unpaired) electrons. The molecule has 10 heteroatoms. The molecule has 3 nitrogen and oxygen atoms in total. The largest absolute Gasteiger partial charge is 0.308 e. The summed E-state index contributed by atoms with van der Waals surface area (Å²) in [4.78, 5) is 10.3. The molecule has 6 rings (SSSR count). The maximum absolute atomic E-state index is 13.9. The molecule has 0 aliphatic heterocycles. The summed E-state index contributed by atoms with van der Waals surface area (Å²) in [5.74, 6) is -0.0148. The van der Waals surface area contributed by atoms with Crippen molar-refractivity contribution in [2.45, 2.75) is 53.6 Å². The average molecular weight is 826 g/mol. The second-order valence-corrected chi connectivity index (χ2v) is 15.7. The number of benzene rings is 4. The third kappa shape index (κ3) is 10.00. The molecule has 0 spiro atoms. The van der Waals surface area contributed by atoms with Crippen LogP contribution in [-0.2, 0) is 25.9 Å². The number of hydrogen-bond donors (Lipinski definition) is 1. The zero-order valence-electron chi connectivity index (χ0n) is 30.3. The molecule has 0 aliphatic carbocycles. The van der Waals surface area contributed by atoms with E-state index in [1.807, 2.05) is 36.4 Å². The van der Waals surface area contributed by atoms with E-state index in [1.165, 1.54) is 24.3 Å². The van der Waals surface area contributed by atoms with Crippen molar-refractivity contribution in [3.63, 3.8) is 0 Å². The molecule has 0 bridgehead atoms. The number of halogens is 7. The van der Waals surface area contributed by atoms with E-state index in [4.69, 9.17) is 56.4 Å².